The van der Waals surface area contributed by atoms with Gasteiger partial charge in [0.05, 0.1) is 5.56 Å². The van der Waals surface area contributed by atoms with Gasteiger partial charge in [0.15, 0.2) is 11.6 Å². The van der Waals surface area contributed by atoms with Crippen molar-refractivity contribution in [3.05, 3.63) is 59.4 Å². The van der Waals surface area contributed by atoms with Crippen molar-refractivity contribution >= 4 is 16.8 Å². The molecule has 0 atom stereocenters. The molecule has 0 saturated carbocycles. The average Bonchev–Trinajstić information content (AvgIpc) is 2.87. The summed E-state index contributed by atoms with van der Waals surface area (Å²) in [5.74, 6) is -3.92. The number of nitrogens with zero attached hydrogens (tertiary/aromatic N) is 1. The van der Waals surface area contributed by atoms with E-state index in [1.807, 2.05) is 0 Å². The Morgan fingerprint density at radius 2 is 2.00 bits per heavy atom. The number of carbonyl (C=O) groups is 1. The standard InChI is InChI=1S/C14H8F2N2O2.CH4/c15-9-3-4-10(19)12(16)11(9)13(20)8-6-18-14-7(8)2-1-5-17-14;/h1-6,19H,(H,17,18);1H4. The predicted octanol–water partition coefficient (Wildman–Crippen LogP) is 3.41. The summed E-state index contributed by atoms with van der Waals surface area (Å²) in [6.45, 7) is 0. The molecule has 0 radical (unpaired) electrons. The minimum absolute atomic E-state index is 0. The zero-order chi connectivity index (χ0) is 14.3. The summed E-state index contributed by atoms with van der Waals surface area (Å²) < 4.78 is 27.4. The number of aromatic nitrogens is 2. The van der Waals surface area contributed by atoms with Crippen molar-refractivity contribution in [2.24, 2.45) is 0 Å². The van der Waals surface area contributed by atoms with Crippen molar-refractivity contribution in [2.45, 2.75) is 7.43 Å². The highest BCUT2D eigenvalue weighted by molar-refractivity contribution is 6.16. The van der Waals surface area contributed by atoms with Crippen molar-refractivity contribution in [1.82, 2.24) is 9.97 Å². The van der Waals surface area contributed by atoms with Crippen molar-refractivity contribution in [3.8, 4) is 5.75 Å². The van der Waals surface area contributed by atoms with Crippen LogP contribution in [0.2, 0.25) is 0 Å². The zero-order valence-corrected chi connectivity index (χ0v) is 10.0. The third-order valence-electron chi connectivity index (χ3n) is 2.99. The number of benzene rings is 1. The van der Waals surface area contributed by atoms with E-state index >= 15 is 0 Å². The van der Waals surface area contributed by atoms with E-state index in [1.54, 1.807) is 12.1 Å². The molecule has 3 rings (SSSR count). The molecule has 1 aromatic carbocycles. The summed E-state index contributed by atoms with van der Waals surface area (Å²) in [7, 11) is 0. The first-order valence-corrected chi connectivity index (χ1v) is 5.73. The van der Waals surface area contributed by atoms with Gasteiger partial charge in [0, 0.05) is 23.3 Å². The van der Waals surface area contributed by atoms with Gasteiger partial charge in [0.25, 0.3) is 0 Å². The van der Waals surface area contributed by atoms with Gasteiger partial charge in [0.2, 0.25) is 5.78 Å². The number of aromatic amines is 1. The number of pyridine rings is 1. The van der Waals surface area contributed by atoms with Crippen LogP contribution in [-0.4, -0.2) is 20.9 Å². The van der Waals surface area contributed by atoms with E-state index in [2.05, 4.69) is 9.97 Å². The topological polar surface area (TPSA) is 66.0 Å². The maximum atomic E-state index is 13.8. The number of carbonyl (C=O) groups excluding carboxylic acids is 1. The number of phenols is 1. The van der Waals surface area contributed by atoms with Gasteiger partial charge >= 0.3 is 0 Å². The number of rotatable bonds is 2. The Balaban J connectivity index is 0.00000161. The van der Waals surface area contributed by atoms with Crippen molar-refractivity contribution < 1.29 is 18.7 Å². The Labute approximate surface area is 119 Å². The van der Waals surface area contributed by atoms with Gasteiger partial charge < -0.3 is 10.1 Å². The molecule has 2 aromatic heterocycles. The zero-order valence-electron chi connectivity index (χ0n) is 10.0. The molecule has 0 unspecified atom stereocenters. The average molecular weight is 290 g/mol. The summed E-state index contributed by atoms with van der Waals surface area (Å²) in [6, 6.07) is 4.93. The third kappa shape index (κ3) is 2.24. The fraction of sp³-hybridized carbons (Fsp3) is 0.0667. The van der Waals surface area contributed by atoms with E-state index in [4.69, 9.17) is 0 Å². The second-order valence-corrected chi connectivity index (χ2v) is 4.19. The van der Waals surface area contributed by atoms with E-state index in [-0.39, 0.29) is 13.0 Å². The Kier molecular flexibility index (Phi) is 3.71. The fourth-order valence-electron chi connectivity index (χ4n) is 2.03. The Bertz CT molecular complexity index is 828. The van der Waals surface area contributed by atoms with Gasteiger partial charge in [-0.1, -0.05) is 7.43 Å². The maximum Gasteiger partial charge on any atom is 0.201 e. The molecule has 21 heavy (non-hydrogen) atoms. The molecule has 0 bridgehead atoms. The lowest BCUT2D eigenvalue weighted by molar-refractivity contribution is 0.103. The normalized spacial score (nSPS) is 10.4. The van der Waals surface area contributed by atoms with Crippen molar-refractivity contribution in [1.29, 1.82) is 0 Å². The first-order valence-electron chi connectivity index (χ1n) is 5.73. The van der Waals surface area contributed by atoms with Crippen LogP contribution in [0.15, 0.2) is 36.7 Å². The molecular weight excluding hydrogens is 278 g/mol. The lowest BCUT2D eigenvalue weighted by Crippen LogP contribution is -2.07. The van der Waals surface area contributed by atoms with Crippen LogP contribution in [0, 0.1) is 11.6 Å². The SMILES string of the molecule is C.O=C(c1c(F)ccc(O)c1F)c1c[nH]c2ncccc12. The minimum Gasteiger partial charge on any atom is -0.505 e. The van der Waals surface area contributed by atoms with E-state index in [1.165, 1.54) is 12.4 Å². The number of ketones is 1. The van der Waals surface area contributed by atoms with E-state index < -0.39 is 28.7 Å². The molecule has 0 spiro atoms. The van der Waals surface area contributed by atoms with Crippen LogP contribution < -0.4 is 0 Å². The van der Waals surface area contributed by atoms with Gasteiger partial charge in [-0.25, -0.2) is 13.8 Å². The highest BCUT2D eigenvalue weighted by Crippen LogP contribution is 2.26. The molecule has 0 aliphatic rings. The quantitative estimate of drug-likeness (QED) is 0.711. The highest BCUT2D eigenvalue weighted by Gasteiger charge is 2.23. The summed E-state index contributed by atoms with van der Waals surface area (Å²) >= 11 is 0. The van der Waals surface area contributed by atoms with Crippen LogP contribution in [0.4, 0.5) is 8.78 Å². The number of hydrogen-bond donors (Lipinski definition) is 2. The molecule has 6 heteroatoms. The monoisotopic (exact) mass is 290 g/mol. The summed E-state index contributed by atoms with van der Waals surface area (Å²) in [4.78, 5) is 19.0. The summed E-state index contributed by atoms with van der Waals surface area (Å²) in [5, 5.41) is 9.73. The number of H-pyrrole nitrogens is 1. The van der Waals surface area contributed by atoms with Gasteiger partial charge in [-0.05, 0) is 24.3 Å². The molecule has 2 N–H and O–H groups in total. The van der Waals surface area contributed by atoms with Gasteiger partial charge in [0.1, 0.15) is 11.5 Å². The van der Waals surface area contributed by atoms with Crippen LogP contribution in [0.25, 0.3) is 11.0 Å². The molecule has 3 aromatic rings. The Morgan fingerprint density at radius 3 is 2.76 bits per heavy atom. The Hall–Kier alpha value is -2.76. The summed E-state index contributed by atoms with van der Waals surface area (Å²) in [5.41, 5.74) is -0.247. The molecule has 0 aliphatic heterocycles. The number of fused-ring (bicyclic) bond motifs is 1. The minimum atomic E-state index is -1.27. The van der Waals surface area contributed by atoms with Crippen LogP contribution in [-0.2, 0) is 0 Å². The smallest absolute Gasteiger partial charge is 0.201 e. The third-order valence-corrected chi connectivity index (χ3v) is 2.99. The molecule has 0 aliphatic carbocycles. The van der Waals surface area contributed by atoms with Gasteiger partial charge in [-0.3, -0.25) is 4.79 Å². The molecule has 0 amide bonds. The molecule has 2 heterocycles. The van der Waals surface area contributed by atoms with Crippen molar-refractivity contribution in [2.75, 3.05) is 0 Å². The lowest BCUT2D eigenvalue weighted by Gasteiger charge is -2.04. The molecule has 108 valence electrons. The fourth-order valence-corrected chi connectivity index (χ4v) is 2.03. The molecule has 0 fully saturated rings. The first kappa shape index (κ1) is 14.6. The summed E-state index contributed by atoms with van der Waals surface area (Å²) in [6.07, 6.45) is 2.87. The van der Waals surface area contributed by atoms with Crippen LogP contribution in [0.5, 0.6) is 5.75 Å². The van der Waals surface area contributed by atoms with Crippen molar-refractivity contribution in [3.63, 3.8) is 0 Å². The van der Waals surface area contributed by atoms with E-state index in [0.29, 0.717) is 11.0 Å². The van der Waals surface area contributed by atoms with Crippen LogP contribution in [0.3, 0.4) is 0 Å². The van der Waals surface area contributed by atoms with Gasteiger partial charge in [-0.2, -0.15) is 0 Å². The molecule has 4 nitrogen and oxygen atoms in total. The number of nitrogens with one attached hydrogen (secondary N) is 1. The number of halogens is 2. The molecule has 0 saturated heterocycles. The Morgan fingerprint density at radius 1 is 1.24 bits per heavy atom. The first-order chi connectivity index (χ1) is 9.59. The van der Waals surface area contributed by atoms with Crippen LogP contribution >= 0.6 is 0 Å². The largest absolute Gasteiger partial charge is 0.505 e. The van der Waals surface area contributed by atoms with E-state index in [9.17, 15) is 18.7 Å². The number of aromatic hydroxyl groups is 1. The van der Waals surface area contributed by atoms with Gasteiger partial charge in [-0.15, -0.1) is 0 Å². The maximum absolute atomic E-state index is 13.8. The van der Waals surface area contributed by atoms with Crippen LogP contribution in [0.1, 0.15) is 23.3 Å². The second kappa shape index (κ2) is 5.32. The second-order valence-electron chi connectivity index (χ2n) is 4.19. The van der Waals surface area contributed by atoms with E-state index in [0.717, 1.165) is 12.1 Å². The highest BCUT2D eigenvalue weighted by atomic mass is 19.1. The number of phenolic OH excluding ortho intramolecular Hbond substituents is 1. The number of hydrogen-bond acceptors (Lipinski definition) is 3. The molecular formula is C15H12F2N2O2. The predicted molar refractivity (Wildman–Crippen MR) is 74.3 cm³/mol. The lowest BCUT2D eigenvalue weighted by atomic mass is 10.0.